The van der Waals surface area contributed by atoms with Gasteiger partial charge in [0.05, 0.1) is 0 Å². The van der Waals surface area contributed by atoms with Crippen LogP contribution in [0.25, 0.3) is 33.3 Å². The number of nitrogens with one attached hydrogen (secondary N) is 2. The Morgan fingerprint density at radius 1 is 1.13 bits per heavy atom. The van der Waals surface area contributed by atoms with Gasteiger partial charge in [-0.05, 0) is 53.8 Å². The average Bonchev–Trinajstić information content (AvgIpc) is 3.21. The third kappa shape index (κ3) is 4.07. The van der Waals surface area contributed by atoms with Crippen LogP contribution in [-0.4, -0.2) is 32.6 Å². The van der Waals surface area contributed by atoms with E-state index in [-0.39, 0.29) is 6.61 Å². The molecule has 0 bridgehead atoms. The number of pyridine rings is 2. The first-order valence-electron chi connectivity index (χ1n) is 9.61. The monoisotopic (exact) mass is 396 g/mol. The summed E-state index contributed by atoms with van der Waals surface area (Å²) >= 11 is 0. The van der Waals surface area contributed by atoms with Crippen molar-refractivity contribution in [2.24, 2.45) is 0 Å². The van der Waals surface area contributed by atoms with E-state index in [1.807, 2.05) is 36.7 Å². The zero-order valence-electron chi connectivity index (χ0n) is 16.4. The normalized spacial score (nSPS) is 10.5. The molecule has 1 amide bonds. The lowest BCUT2D eigenvalue weighted by atomic mass is 10.0. The Labute approximate surface area is 174 Å². The van der Waals surface area contributed by atoms with Crippen LogP contribution in [0, 0.1) is 11.8 Å². The zero-order valence-corrected chi connectivity index (χ0v) is 16.4. The molecule has 0 saturated carbocycles. The maximum absolute atomic E-state index is 11.8. The molecular formula is C24H20N4O2. The van der Waals surface area contributed by atoms with E-state index >= 15 is 0 Å². The Bertz CT molecular complexity index is 1280. The molecule has 0 atom stereocenters. The van der Waals surface area contributed by atoms with Gasteiger partial charge in [-0.15, -0.1) is 0 Å². The van der Waals surface area contributed by atoms with Crippen LogP contribution in [-0.2, 0) is 11.2 Å². The van der Waals surface area contributed by atoms with Gasteiger partial charge in [0.25, 0.3) is 5.91 Å². The highest BCUT2D eigenvalue weighted by atomic mass is 16.2. The standard InChI is InChI=1S/C24H20N4O2/c1-2-19-12-17(8-9-25-19)22-15-27-24-21(22)13-18(14-26-24)16-5-3-6-20(11-16)28-23(30)7-4-10-29/h3,5-6,8-9,11-15,29H,2,10H2,1H3,(H,26,27)(H,28,30). The number of hydrogen-bond acceptors (Lipinski definition) is 4. The van der Waals surface area contributed by atoms with Gasteiger partial charge in [0.15, 0.2) is 0 Å². The summed E-state index contributed by atoms with van der Waals surface area (Å²) in [4.78, 5) is 24.0. The molecule has 0 aliphatic carbocycles. The van der Waals surface area contributed by atoms with E-state index in [9.17, 15) is 4.79 Å². The number of carbonyl (C=O) groups excluding carboxylic acids is 1. The summed E-state index contributed by atoms with van der Waals surface area (Å²) in [6.45, 7) is 1.73. The average molecular weight is 396 g/mol. The number of aromatic nitrogens is 3. The summed E-state index contributed by atoms with van der Waals surface area (Å²) in [5, 5.41) is 12.4. The Hall–Kier alpha value is -3.95. The second-order valence-electron chi connectivity index (χ2n) is 6.71. The van der Waals surface area contributed by atoms with Crippen molar-refractivity contribution in [3.05, 3.63) is 66.7 Å². The summed E-state index contributed by atoms with van der Waals surface area (Å²) in [6, 6.07) is 13.7. The van der Waals surface area contributed by atoms with E-state index in [0.717, 1.165) is 45.4 Å². The van der Waals surface area contributed by atoms with Crippen molar-refractivity contribution in [2.45, 2.75) is 13.3 Å². The van der Waals surface area contributed by atoms with Crippen molar-refractivity contribution in [2.75, 3.05) is 11.9 Å². The van der Waals surface area contributed by atoms with Gasteiger partial charge in [-0.25, -0.2) is 4.98 Å². The molecule has 148 valence electrons. The third-order valence-corrected chi connectivity index (χ3v) is 4.76. The van der Waals surface area contributed by atoms with Crippen LogP contribution in [0.2, 0.25) is 0 Å². The molecule has 6 nitrogen and oxygen atoms in total. The molecule has 0 unspecified atom stereocenters. The van der Waals surface area contributed by atoms with Gasteiger partial charge in [0.1, 0.15) is 12.3 Å². The fourth-order valence-electron chi connectivity index (χ4n) is 3.30. The molecule has 0 spiro atoms. The maximum Gasteiger partial charge on any atom is 0.300 e. The van der Waals surface area contributed by atoms with Gasteiger partial charge in [-0.1, -0.05) is 25.0 Å². The number of amides is 1. The quantitative estimate of drug-likeness (QED) is 0.458. The second kappa shape index (κ2) is 8.60. The number of rotatable bonds is 4. The number of carbonyl (C=O) groups is 1. The first-order valence-corrected chi connectivity index (χ1v) is 9.61. The number of aliphatic hydroxyl groups is 1. The zero-order chi connectivity index (χ0) is 20.9. The van der Waals surface area contributed by atoms with Crippen molar-refractivity contribution in [1.82, 2.24) is 15.0 Å². The highest BCUT2D eigenvalue weighted by Crippen LogP contribution is 2.31. The van der Waals surface area contributed by atoms with Crippen LogP contribution in [0.15, 0.2) is 61.1 Å². The number of nitrogens with zero attached hydrogens (tertiary/aromatic N) is 2. The number of benzene rings is 1. The Kier molecular flexibility index (Phi) is 5.55. The minimum Gasteiger partial charge on any atom is -0.384 e. The van der Waals surface area contributed by atoms with E-state index in [2.05, 4.69) is 51.2 Å². The van der Waals surface area contributed by atoms with Crippen LogP contribution < -0.4 is 5.32 Å². The summed E-state index contributed by atoms with van der Waals surface area (Å²) in [5.74, 6) is 4.20. The van der Waals surface area contributed by atoms with Crippen LogP contribution in [0.4, 0.5) is 5.69 Å². The van der Waals surface area contributed by atoms with E-state index < -0.39 is 5.91 Å². The molecule has 0 saturated heterocycles. The number of aryl methyl sites for hydroxylation is 1. The lowest BCUT2D eigenvalue weighted by Gasteiger charge is -2.07. The summed E-state index contributed by atoms with van der Waals surface area (Å²) < 4.78 is 0. The highest BCUT2D eigenvalue weighted by Gasteiger charge is 2.10. The van der Waals surface area contributed by atoms with Crippen molar-refractivity contribution >= 4 is 22.6 Å². The molecule has 0 aliphatic rings. The van der Waals surface area contributed by atoms with Crippen molar-refractivity contribution in [1.29, 1.82) is 0 Å². The minimum absolute atomic E-state index is 0.352. The number of fused-ring (bicyclic) bond motifs is 1. The fraction of sp³-hybridized carbons (Fsp3) is 0.125. The third-order valence-electron chi connectivity index (χ3n) is 4.76. The van der Waals surface area contributed by atoms with Gasteiger partial charge in [0, 0.05) is 46.5 Å². The van der Waals surface area contributed by atoms with Crippen LogP contribution in [0.5, 0.6) is 0 Å². The molecule has 4 rings (SSSR count). The maximum atomic E-state index is 11.8. The fourth-order valence-corrected chi connectivity index (χ4v) is 3.30. The van der Waals surface area contributed by atoms with E-state index in [0.29, 0.717) is 5.69 Å². The van der Waals surface area contributed by atoms with Gasteiger partial charge < -0.3 is 15.4 Å². The van der Waals surface area contributed by atoms with Crippen LogP contribution in [0.3, 0.4) is 0 Å². The van der Waals surface area contributed by atoms with E-state index in [1.54, 1.807) is 12.3 Å². The number of aliphatic hydroxyl groups excluding tert-OH is 1. The van der Waals surface area contributed by atoms with Crippen LogP contribution in [0.1, 0.15) is 12.6 Å². The molecule has 3 aromatic heterocycles. The lowest BCUT2D eigenvalue weighted by Crippen LogP contribution is -2.08. The minimum atomic E-state index is -0.466. The molecule has 3 N–H and O–H groups in total. The molecule has 0 fully saturated rings. The van der Waals surface area contributed by atoms with Gasteiger partial charge in [0.2, 0.25) is 0 Å². The first kappa shape index (κ1) is 19.4. The Morgan fingerprint density at radius 3 is 2.87 bits per heavy atom. The summed E-state index contributed by atoms with van der Waals surface area (Å²) in [6.07, 6.45) is 6.48. The first-order chi connectivity index (χ1) is 14.7. The van der Waals surface area contributed by atoms with Crippen LogP contribution >= 0.6 is 0 Å². The molecule has 0 radical (unpaired) electrons. The van der Waals surface area contributed by atoms with Crippen molar-refractivity contribution < 1.29 is 9.90 Å². The van der Waals surface area contributed by atoms with E-state index in [1.165, 1.54) is 0 Å². The number of aromatic amines is 1. The van der Waals surface area contributed by atoms with Crippen molar-refractivity contribution in [3.8, 4) is 34.1 Å². The smallest absolute Gasteiger partial charge is 0.300 e. The predicted molar refractivity (Wildman–Crippen MR) is 118 cm³/mol. The summed E-state index contributed by atoms with van der Waals surface area (Å²) in [7, 11) is 0. The SMILES string of the molecule is CCc1cc(-c2c[nH]c3ncc(-c4cccc(NC(=O)C#CCO)c4)cc23)ccn1. The summed E-state index contributed by atoms with van der Waals surface area (Å²) in [5.41, 5.74) is 6.50. The number of H-pyrrole nitrogens is 1. The Morgan fingerprint density at radius 2 is 2.03 bits per heavy atom. The predicted octanol–water partition coefficient (Wildman–Crippen LogP) is 3.79. The lowest BCUT2D eigenvalue weighted by molar-refractivity contribution is -0.111. The highest BCUT2D eigenvalue weighted by molar-refractivity contribution is 6.04. The number of hydrogen-bond donors (Lipinski definition) is 3. The molecule has 4 aromatic rings. The largest absolute Gasteiger partial charge is 0.384 e. The molecule has 3 heterocycles. The second-order valence-corrected chi connectivity index (χ2v) is 6.71. The Balaban J connectivity index is 1.70. The van der Waals surface area contributed by atoms with Gasteiger partial charge in [-0.3, -0.25) is 9.78 Å². The molecule has 1 aromatic carbocycles. The van der Waals surface area contributed by atoms with Gasteiger partial charge >= 0.3 is 0 Å². The molecular weight excluding hydrogens is 376 g/mol. The number of anilines is 1. The molecule has 30 heavy (non-hydrogen) atoms. The van der Waals surface area contributed by atoms with Crippen molar-refractivity contribution in [3.63, 3.8) is 0 Å². The topological polar surface area (TPSA) is 90.9 Å². The van der Waals surface area contributed by atoms with E-state index in [4.69, 9.17) is 5.11 Å². The van der Waals surface area contributed by atoms with Gasteiger partial charge in [-0.2, -0.15) is 0 Å². The molecule has 0 aliphatic heterocycles. The molecule has 6 heteroatoms.